The summed E-state index contributed by atoms with van der Waals surface area (Å²) in [5, 5.41) is 6.68. The molecule has 1 aromatic heterocycles. The lowest BCUT2D eigenvalue weighted by molar-refractivity contribution is 1.28. The smallest absolute Gasteiger partial charge is 0.0935 e. The molecular weight excluding hydrogens is 341 g/mol. The first kappa shape index (κ1) is 15.2. The van der Waals surface area contributed by atoms with Crippen LogP contribution in [0.4, 0.5) is 5.69 Å². The molecule has 0 bridgehead atoms. The minimum absolute atomic E-state index is 0.422. The van der Waals surface area contributed by atoms with Gasteiger partial charge in [-0.05, 0) is 25.1 Å². The number of halogens is 3. The molecule has 2 N–H and O–H groups in total. The Morgan fingerprint density at radius 1 is 1.09 bits per heavy atom. The van der Waals surface area contributed by atoms with E-state index in [1.54, 1.807) is 18.3 Å². The Balaban J connectivity index is 1.90. The Morgan fingerprint density at radius 3 is 2.50 bits per heavy atom. The van der Waals surface area contributed by atoms with Crippen molar-refractivity contribution in [2.75, 3.05) is 5.43 Å². The van der Waals surface area contributed by atoms with Gasteiger partial charge in [0.1, 0.15) is 0 Å². The highest BCUT2D eigenvalue weighted by Gasteiger charge is 2.08. The van der Waals surface area contributed by atoms with Crippen LogP contribution in [0.25, 0.3) is 10.9 Å². The zero-order valence-electron chi connectivity index (χ0n) is 11.6. The van der Waals surface area contributed by atoms with Gasteiger partial charge in [0, 0.05) is 27.2 Å². The molecule has 3 aromatic rings. The van der Waals surface area contributed by atoms with Crippen LogP contribution in [0.1, 0.15) is 11.3 Å². The number of benzene rings is 2. The maximum absolute atomic E-state index is 6.11. The Labute approximate surface area is 142 Å². The molecule has 0 amide bonds. The van der Waals surface area contributed by atoms with E-state index in [0.717, 1.165) is 22.2 Å². The lowest BCUT2D eigenvalue weighted by atomic mass is 10.1. The van der Waals surface area contributed by atoms with E-state index in [1.165, 1.54) is 0 Å². The van der Waals surface area contributed by atoms with Gasteiger partial charge in [-0.3, -0.25) is 5.43 Å². The van der Waals surface area contributed by atoms with Crippen LogP contribution >= 0.6 is 34.8 Å². The molecule has 0 radical (unpaired) electrons. The van der Waals surface area contributed by atoms with Gasteiger partial charge < -0.3 is 4.98 Å². The minimum Gasteiger partial charge on any atom is -0.358 e. The molecular formula is C16H12Cl3N3. The number of rotatable bonds is 3. The van der Waals surface area contributed by atoms with Crippen LogP contribution < -0.4 is 5.43 Å². The molecule has 6 heteroatoms. The third-order valence-electron chi connectivity index (χ3n) is 3.32. The van der Waals surface area contributed by atoms with Crippen LogP contribution in [-0.2, 0) is 0 Å². The lowest BCUT2D eigenvalue weighted by Gasteiger charge is -2.06. The van der Waals surface area contributed by atoms with Crippen molar-refractivity contribution >= 4 is 57.6 Å². The highest BCUT2D eigenvalue weighted by molar-refractivity contribution is 6.41. The summed E-state index contributed by atoms with van der Waals surface area (Å²) in [5.41, 5.74) is 6.53. The van der Waals surface area contributed by atoms with Crippen LogP contribution in [0.3, 0.4) is 0 Å². The fourth-order valence-electron chi connectivity index (χ4n) is 2.28. The average Bonchev–Trinajstić information content (AvgIpc) is 2.77. The SMILES string of the molecule is Cc1[nH]c2ccccc2c1/C=N\Nc1c(Cl)cc(Cl)cc1Cl. The molecule has 0 fully saturated rings. The second-order valence-corrected chi connectivity index (χ2v) is 6.07. The lowest BCUT2D eigenvalue weighted by Crippen LogP contribution is -1.93. The van der Waals surface area contributed by atoms with Gasteiger partial charge in [-0.15, -0.1) is 0 Å². The third-order valence-corrected chi connectivity index (χ3v) is 4.13. The summed E-state index contributed by atoms with van der Waals surface area (Å²) in [7, 11) is 0. The highest BCUT2D eigenvalue weighted by atomic mass is 35.5. The van der Waals surface area contributed by atoms with Gasteiger partial charge in [0.25, 0.3) is 0 Å². The molecule has 0 spiro atoms. The van der Waals surface area contributed by atoms with Gasteiger partial charge in [-0.25, -0.2) is 0 Å². The number of nitrogens with one attached hydrogen (secondary N) is 2. The Hall–Kier alpha value is -1.68. The number of fused-ring (bicyclic) bond motifs is 1. The van der Waals surface area contributed by atoms with E-state index in [0.29, 0.717) is 20.8 Å². The second kappa shape index (κ2) is 6.21. The van der Waals surface area contributed by atoms with E-state index in [4.69, 9.17) is 34.8 Å². The van der Waals surface area contributed by atoms with E-state index in [9.17, 15) is 0 Å². The van der Waals surface area contributed by atoms with E-state index >= 15 is 0 Å². The first-order valence-electron chi connectivity index (χ1n) is 6.57. The van der Waals surface area contributed by atoms with Crippen LogP contribution in [0.5, 0.6) is 0 Å². The Kier molecular flexibility index (Phi) is 4.30. The van der Waals surface area contributed by atoms with Gasteiger partial charge >= 0.3 is 0 Å². The average molecular weight is 353 g/mol. The van der Waals surface area contributed by atoms with Gasteiger partial charge in [0.2, 0.25) is 0 Å². The summed E-state index contributed by atoms with van der Waals surface area (Å²) in [6.45, 7) is 2.00. The van der Waals surface area contributed by atoms with Crippen molar-refractivity contribution in [3.8, 4) is 0 Å². The van der Waals surface area contributed by atoms with Crippen molar-refractivity contribution < 1.29 is 0 Å². The quantitative estimate of drug-likeness (QED) is 0.448. The molecule has 0 aliphatic heterocycles. The molecule has 0 aliphatic rings. The minimum atomic E-state index is 0.422. The van der Waals surface area contributed by atoms with Gasteiger partial charge in [-0.2, -0.15) is 5.10 Å². The number of para-hydroxylation sites is 1. The van der Waals surface area contributed by atoms with Gasteiger partial charge in [-0.1, -0.05) is 53.0 Å². The molecule has 0 atom stereocenters. The van der Waals surface area contributed by atoms with Crippen molar-refractivity contribution in [2.24, 2.45) is 5.10 Å². The van der Waals surface area contributed by atoms with Crippen LogP contribution in [0.15, 0.2) is 41.5 Å². The third kappa shape index (κ3) is 2.93. The fourth-order valence-corrected chi connectivity index (χ4v) is 3.18. The molecule has 3 rings (SSSR count). The number of H-pyrrole nitrogens is 1. The molecule has 112 valence electrons. The number of anilines is 1. The van der Waals surface area contributed by atoms with Gasteiger partial charge in [0.05, 0.1) is 21.9 Å². The summed E-state index contributed by atoms with van der Waals surface area (Å²) in [4.78, 5) is 3.32. The molecule has 22 heavy (non-hydrogen) atoms. The van der Waals surface area contributed by atoms with Crippen molar-refractivity contribution in [3.63, 3.8) is 0 Å². The highest BCUT2D eigenvalue weighted by Crippen LogP contribution is 2.33. The predicted octanol–water partition coefficient (Wildman–Crippen LogP) is 5.88. The number of hydrogen-bond acceptors (Lipinski definition) is 2. The molecule has 2 aromatic carbocycles. The second-order valence-electron chi connectivity index (χ2n) is 4.82. The molecule has 0 saturated carbocycles. The maximum Gasteiger partial charge on any atom is 0.0935 e. The summed E-state index contributed by atoms with van der Waals surface area (Å²) in [6.07, 6.45) is 1.75. The molecule has 0 aliphatic carbocycles. The Bertz CT molecular complexity index is 845. The molecule has 1 heterocycles. The molecule has 0 unspecified atom stereocenters. The molecule has 3 nitrogen and oxygen atoms in total. The zero-order chi connectivity index (χ0) is 15.7. The Morgan fingerprint density at radius 2 is 1.77 bits per heavy atom. The number of aromatic amines is 1. The van der Waals surface area contributed by atoms with E-state index < -0.39 is 0 Å². The largest absolute Gasteiger partial charge is 0.358 e. The summed E-state index contributed by atoms with van der Waals surface area (Å²) >= 11 is 18.1. The summed E-state index contributed by atoms with van der Waals surface area (Å²) < 4.78 is 0. The van der Waals surface area contributed by atoms with Crippen LogP contribution in [0.2, 0.25) is 15.1 Å². The van der Waals surface area contributed by atoms with Crippen LogP contribution in [0, 0.1) is 6.92 Å². The summed E-state index contributed by atoms with van der Waals surface area (Å²) in [5.74, 6) is 0. The fraction of sp³-hybridized carbons (Fsp3) is 0.0625. The number of aromatic nitrogens is 1. The topological polar surface area (TPSA) is 40.2 Å². The normalized spacial score (nSPS) is 11.5. The first-order valence-corrected chi connectivity index (χ1v) is 7.70. The van der Waals surface area contributed by atoms with E-state index in [-0.39, 0.29) is 0 Å². The van der Waals surface area contributed by atoms with E-state index in [2.05, 4.69) is 15.5 Å². The maximum atomic E-state index is 6.11. The standard InChI is InChI=1S/C16H12Cl3N3/c1-9-12(11-4-2-3-5-15(11)21-9)8-20-22-16-13(18)6-10(17)7-14(16)19/h2-8,21-22H,1H3/b20-8-. The van der Waals surface area contributed by atoms with Crippen molar-refractivity contribution in [1.29, 1.82) is 0 Å². The summed E-state index contributed by atoms with van der Waals surface area (Å²) in [6, 6.07) is 11.3. The number of hydrogen-bond donors (Lipinski definition) is 2. The monoisotopic (exact) mass is 351 g/mol. The first-order chi connectivity index (χ1) is 10.6. The van der Waals surface area contributed by atoms with E-state index in [1.807, 2.05) is 31.2 Å². The number of hydrazone groups is 1. The van der Waals surface area contributed by atoms with Crippen LogP contribution in [-0.4, -0.2) is 11.2 Å². The number of nitrogens with zero attached hydrogens (tertiary/aromatic N) is 1. The number of aryl methyl sites for hydroxylation is 1. The van der Waals surface area contributed by atoms with Crippen molar-refractivity contribution in [3.05, 3.63) is 62.7 Å². The van der Waals surface area contributed by atoms with Gasteiger partial charge in [0.15, 0.2) is 0 Å². The zero-order valence-corrected chi connectivity index (χ0v) is 13.9. The predicted molar refractivity (Wildman–Crippen MR) is 95.7 cm³/mol. The molecule has 0 saturated heterocycles. The van der Waals surface area contributed by atoms with Crippen molar-refractivity contribution in [1.82, 2.24) is 4.98 Å². The van der Waals surface area contributed by atoms with Crippen molar-refractivity contribution in [2.45, 2.75) is 6.92 Å².